The Morgan fingerprint density at radius 2 is 1.76 bits per heavy atom. The summed E-state index contributed by atoms with van der Waals surface area (Å²) in [6, 6.07) is 14.2. The maximum Gasteiger partial charge on any atom is 0.253 e. The zero-order valence-electron chi connectivity index (χ0n) is 19.1. The Hall–Kier alpha value is -3.04. The number of aryl methyl sites for hydroxylation is 1. The van der Waals surface area contributed by atoms with Gasteiger partial charge in [0.1, 0.15) is 5.82 Å². The Morgan fingerprint density at radius 1 is 1.06 bits per heavy atom. The second kappa shape index (κ2) is 10.7. The average molecular weight is 473 g/mol. The SMILES string of the molecule is CCN(CC)S(=O)(=O)c1ccc(C(=O)N(C)CCCc2cc(-c3cccc(F)c3)n[nH]2)cc1. The number of nitrogens with one attached hydrogen (secondary N) is 1. The quantitative estimate of drug-likeness (QED) is 0.484. The number of halogens is 1. The number of hydrogen-bond donors (Lipinski definition) is 1. The molecule has 3 rings (SSSR count). The van der Waals surface area contributed by atoms with Gasteiger partial charge in [-0.25, -0.2) is 12.8 Å². The lowest BCUT2D eigenvalue weighted by Gasteiger charge is -2.19. The smallest absolute Gasteiger partial charge is 0.253 e. The number of benzene rings is 2. The van der Waals surface area contributed by atoms with Crippen molar-refractivity contribution in [2.24, 2.45) is 0 Å². The molecule has 1 aromatic heterocycles. The largest absolute Gasteiger partial charge is 0.342 e. The topological polar surface area (TPSA) is 86.4 Å². The number of sulfonamides is 1. The monoisotopic (exact) mass is 472 g/mol. The number of aromatic nitrogens is 2. The van der Waals surface area contributed by atoms with Gasteiger partial charge in [-0.3, -0.25) is 9.89 Å². The molecule has 2 aromatic carbocycles. The van der Waals surface area contributed by atoms with E-state index in [0.29, 0.717) is 49.3 Å². The molecule has 7 nitrogen and oxygen atoms in total. The van der Waals surface area contributed by atoms with Crippen molar-refractivity contribution in [1.29, 1.82) is 0 Å². The summed E-state index contributed by atoms with van der Waals surface area (Å²) in [5.41, 5.74) is 2.72. The van der Waals surface area contributed by atoms with Crippen LogP contribution in [0.1, 0.15) is 36.3 Å². The second-order valence-corrected chi connectivity index (χ2v) is 9.67. The molecular formula is C24H29FN4O3S. The molecule has 0 spiro atoms. The Balaban J connectivity index is 1.56. The van der Waals surface area contributed by atoms with Gasteiger partial charge >= 0.3 is 0 Å². The van der Waals surface area contributed by atoms with E-state index in [9.17, 15) is 17.6 Å². The minimum Gasteiger partial charge on any atom is -0.342 e. The molecule has 0 unspecified atom stereocenters. The van der Waals surface area contributed by atoms with Crippen molar-refractivity contribution in [2.45, 2.75) is 31.6 Å². The molecule has 0 saturated carbocycles. The van der Waals surface area contributed by atoms with Crippen LogP contribution in [0.15, 0.2) is 59.5 Å². The lowest BCUT2D eigenvalue weighted by molar-refractivity contribution is 0.0793. The van der Waals surface area contributed by atoms with Crippen molar-refractivity contribution in [3.63, 3.8) is 0 Å². The number of carbonyl (C=O) groups is 1. The third-order valence-corrected chi connectivity index (χ3v) is 7.55. The van der Waals surface area contributed by atoms with E-state index in [-0.39, 0.29) is 16.6 Å². The summed E-state index contributed by atoms with van der Waals surface area (Å²) in [5, 5.41) is 7.20. The van der Waals surface area contributed by atoms with Gasteiger partial charge in [0.05, 0.1) is 10.6 Å². The number of hydrogen-bond acceptors (Lipinski definition) is 4. The molecule has 0 aliphatic rings. The molecule has 176 valence electrons. The fraction of sp³-hybridized carbons (Fsp3) is 0.333. The number of amides is 1. The maximum atomic E-state index is 13.4. The Bertz CT molecular complexity index is 1190. The summed E-state index contributed by atoms with van der Waals surface area (Å²) in [6.07, 6.45) is 1.39. The lowest BCUT2D eigenvalue weighted by Crippen LogP contribution is -2.31. The van der Waals surface area contributed by atoms with Crippen LogP contribution in [0.3, 0.4) is 0 Å². The van der Waals surface area contributed by atoms with Gasteiger partial charge in [-0.15, -0.1) is 0 Å². The Kier molecular flexibility index (Phi) is 7.99. The van der Waals surface area contributed by atoms with Crippen LogP contribution in [0, 0.1) is 5.82 Å². The van der Waals surface area contributed by atoms with E-state index in [4.69, 9.17) is 0 Å². The molecule has 9 heteroatoms. The first kappa shape index (κ1) is 24.6. The third kappa shape index (κ3) is 5.85. The Morgan fingerprint density at radius 3 is 2.39 bits per heavy atom. The summed E-state index contributed by atoms with van der Waals surface area (Å²) < 4.78 is 40.0. The van der Waals surface area contributed by atoms with Crippen LogP contribution < -0.4 is 0 Å². The lowest BCUT2D eigenvalue weighted by atomic mass is 10.1. The highest BCUT2D eigenvalue weighted by Crippen LogP contribution is 2.20. The predicted octanol–water partition coefficient (Wildman–Crippen LogP) is 3.95. The minimum atomic E-state index is -3.55. The molecule has 0 atom stereocenters. The van der Waals surface area contributed by atoms with Gasteiger partial charge in [0.25, 0.3) is 5.91 Å². The number of nitrogens with zero attached hydrogens (tertiary/aromatic N) is 3. The first-order valence-corrected chi connectivity index (χ1v) is 12.4. The zero-order valence-corrected chi connectivity index (χ0v) is 19.9. The third-order valence-electron chi connectivity index (χ3n) is 5.48. The van der Waals surface area contributed by atoms with Crippen LogP contribution in [0.4, 0.5) is 4.39 Å². The van der Waals surface area contributed by atoms with Gasteiger partial charge in [0.2, 0.25) is 10.0 Å². The second-order valence-electron chi connectivity index (χ2n) is 7.73. The van der Waals surface area contributed by atoms with Crippen molar-refractivity contribution in [1.82, 2.24) is 19.4 Å². The van der Waals surface area contributed by atoms with Crippen molar-refractivity contribution < 1.29 is 17.6 Å². The van der Waals surface area contributed by atoms with E-state index in [2.05, 4.69) is 10.2 Å². The molecule has 33 heavy (non-hydrogen) atoms. The van der Waals surface area contributed by atoms with Crippen LogP contribution in [0.5, 0.6) is 0 Å². The predicted molar refractivity (Wildman–Crippen MR) is 126 cm³/mol. The molecule has 0 fully saturated rings. The van der Waals surface area contributed by atoms with Crippen molar-refractivity contribution >= 4 is 15.9 Å². The molecule has 0 radical (unpaired) electrons. The highest BCUT2D eigenvalue weighted by atomic mass is 32.2. The van der Waals surface area contributed by atoms with Gasteiger partial charge < -0.3 is 4.90 Å². The van der Waals surface area contributed by atoms with Gasteiger partial charge in [-0.2, -0.15) is 9.40 Å². The fourth-order valence-corrected chi connectivity index (χ4v) is 5.05. The summed E-state index contributed by atoms with van der Waals surface area (Å²) in [4.78, 5) is 14.5. The number of aromatic amines is 1. The first-order chi connectivity index (χ1) is 15.8. The maximum absolute atomic E-state index is 13.4. The number of H-pyrrole nitrogens is 1. The van der Waals surface area contributed by atoms with Crippen LogP contribution in [-0.4, -0.2) is 60.4 Å². The van der Waals surface area contributed by atoms with E-state index in [1.807, 2.05) is 6.07 Å². The van der Waals surface area contributed by atoms with Gasteiger partial charge in [0.15, 0.2) is 0 Å². The van der Waals surface area contributed by atoms with Crippen molar-refractivity contribution in [3.8, 4) is 11.3 Å². The van der Waals surface area contributed by atoms with Gasteiger partial charge in [-0.1, -0.05) is 26.0 Å². The molecule has 0 aliphatic carbocycles. The van der Waals surface area contributed by atoms with E-state index in [1.54, 1.807) is 50.1 Å². The molecule has 1 amide bonds. The van der Waals surface area contributed by atoms with Crippen molar-refractivity contribution in [3.05, 3.63) is 71.7 Å². The standard InChI is InChI=1S/C24H29FN4O3S/c1-4-29(5-2)33(31,32)22-13-11-18(12-14-22)24(30)28(3)15-7-10-21-17-23(27-26-21)19-8-6-9-20(25)16-19/h6,8-9,11-14,16-17H,4-5,7,10,15H2,1-3H3,(H,26,27). The van der Waals surface area contributed by atoms with Crippen LogP contribution in [0.25, 0.3) is 11.3 Å². The van der Waals surface area contributed by atoms with Crippen LogP contribution >= 0.6 is 0 Å². The van der Waals surface area contributed by atoms with Gasteiger partial charge in [0, 0.05) is 43.5 Å². The Labute approximate surface area is 194 Å². The molecule has 0 aliphatic heterocycles. The fourth-order valence-electron chi connectivity index (χ4n) is 3.60. The van der Waals surface area contributed by atoms with E-state index in [1.165, 1.54) is 28.6 Å². The van der Waals surface area contributed by atoms with Gasteiger partial charge in [-0.05, 0) is 55.3 Å². The normalized spacial score (nSPS) is 11.7. The summed E-state index contributed by atoms with van der Waals surface area (Å²) in [6.45, 7) is 4.89. The molecule has 1 N–H and O–H groups in total. The highest BCUT2D eigenvalue weighted by Gasteiger charge is 2.22. The number of rotatable bonds is 10. The summed E-state index contributed by atoms with van der Waals surface area (Å²) >= 11 is 0. The van der Waals surface area contributed by atoms with E-state index in [0.717, 1.165) is 5.69 Å². The molecule has 0 saturated heterocycles. The zero-order chi connectivity index (χ0) is 24.0. The molecule has 0 bridgehead atoms. The number of carbonyl (C=O) groups excluding carboxylic acids is 1. The summed E-state index contributed by atoms with van der Waals surface area (Å²) in [5.74, 6) is -0.484. The average Bonchev–Trinajstić information content (AvgIpc) is 3.28. The molecule has 1 heterocycles. The molecular weight excluding hydrogens is 443 g/mol. The van der Waals surface area contributed by atoms with Crippen LogP contribution in [0.2, 0.25) is 0 Å². The van der Waals surface area contributed by atoms with Crippen LogP contribution in [-0.2, 0) is 16.4 Å². The van der Waals surface area contributed by atoms with E-state index < -0.39 is 10.0 Å². The summed E-state index contributed by atoms with van der Waals surface area (Å²) in [7, 11) is -1.83. The highest BCUT2D eigenvalue weighted by molar-refractivity contribution is 7.89. The van der Waals surface area contributed by atoms with E-state index >= 15 is 0 Å². The first-order valence-electron chi connectivity index (χ1n) is 10.9. The minimum absolute atomic E-state index is 0.174. The molecule has 3 aromatic rings. The van der Waals surface area contributed by atoms with Crippen molar-refractivity contribution in [2.75, 3.05) is 26.7 Å².